The van der Waals surface area contributed by atoms with Crippen LogP contribution in [0.3, 0.4) is 0 Å². The summed E-state index contributed by atoms with van der Waals surface area (Å²) in [7, 11) is -5.13. The minimum atomic E-state index is -5.13. The van der Waals surface area contributed by atoms with Gasteiger partial charge in [-0.1, -0.05) is 0 Å². The Kier molecular flexibility index (Phi) is 5.21. The summed E-state index contributed by atoms with van der Waals surface area (Å²) >= 11 is 0. The Morgan fingerprint density at radius 3 is 2.29 bits per heavy atom. The van der Waals surface area contributed by atoms with Gasteiger partial charge in [0, 0.05) is 0 Å². The van der Waals surface area contributed by atoms with Gasteiger partial charge in [-0.3, -0.25) is 0 Å². The van der Waals surface area contributed by atoms with Crippen LogP contribution >= 0.6 is 7.82 Å². The Morgan fingerprint density at radius 1 is 1.43 bits per heavy atom. The first kappa shape index (κ1) is 13.5. The molecule has 0 heterocycles. The molecule has 0 aliphatic rings. The fourth-order valence-corrected chi connectivity index (χ4v) is 0.929. The van der Waals surface area contributed by atoms with Gasteiger partial charge in [0.2, 0.25) is 0 Å². The van der Waals surface area contributed by atoms with Crippen molar-refractivity contribution in [1.82, 2.24) is 0 Å². The average Bonchev–Trinajstić information content (AvgIpc) is 2.00. The maximum Gasteiger partial charge on any atom is 0.119 e. The van der Waals surface area contributed by atoms with Gasteiger partial charge in [-0.05, 0) is 6.42 Å². The van der Waals surface area contributed by atoms with Crippen LogP contribution < -0.4 is 14.9 Å². The summed E-state index contributed by atoms with van der Waals surface area (Å²) in [5.41, 5.74) is 0. The van der Waals surface area contributed by atoms with Crippen molar-refractivity contribution in [2.45, 2.75) is 18.6 Å². The molecule has 0 aromatic heterocycles. The van der Waals surface area contributed by atoms with E-state index in [-0.39, 0.29) is 0 Å². The number of aliphatic carboxylic acids is 1. The number of carbonyl (C=O) groups excluding carboxylic acids is 1. The highest BCUT2D eigenvalue weighted by molar-refractivity contribution is 7.43. The smallest absolute Gasteiger partial charge is 0.119 e. The zero-order valence-corrected chi connectivity index (χ0v) is 7.75. The number of aliphatic hydroxyl groups excluding tert-OH is 2. The number of hydrogen-bond donors (Lipinski definition) is 2. The Balaban J connectivity index is 3.80. The molecule has 0 aromatic carbocycles. The first-order valence-corrected chi connectivity index (χ1v) is 4.93. The third kappa shape index (κ3) is 6.03. The largest absolute Gasteiger partial charge is 0.790 e. The predicted octanol–water partition coefficient (Wildman–Crippen LogP) is -4.31. The van der Waals surface area contributed by atoms with Gasteiger partial charge >= 0.3 is 0 Å². The highest BCUT2D eigenvalue weighted by Crippen LogP contribution is 2.24. The van der Waals surface area contributed by atoms with Gasteiger partial charge in [-0.2, -0.15) is 0 Å². The van der Waals surface area contributed by atoms with Crippen molar-refractivity contribution in [3.05, 3.63) is 0 Å². The second kappa shape index (κ2) is 5.40. The minimum absolute atomic E-state index is 0.510. The van der Waals surface area contributed by atoms with E-state index in [2.05, 4.69) is 4.52 Å². The number of phosphoric acid groups is 1. The molecule has 0 radical (unpaired) electrons. The highest BCUT2D eigenvalue weighted by Gasteiger charge is 2.16. The van der Waals surface area contributed by atoms with E-state index >= 15 is 0 Å². The molecule has 8 nitrogen and oxygen atoms in total. The molecule has 2 unspecified atom stereocenters. The van der Waals surface area contributed by atoms with E-state index in [0.29, 0.717) is 0 Å². The maximum atomic E-state index is 9.96. The Labute approximate surface area is 79.0 Å². The first-order chi connectivity index (χ1) is 6.24. The van der Waals surface area contributed by atoms with Crippen molar-refractivity contribution in [3.63, 3.8) is 0 Å². The highest BCUT2D eigenvalue weighted by atomic mass is 31.2. The van der Waals surface area contributed by atoms with Crippen LogP contribution in [0.1, 0.15) is 6.42 Å². The van der Waals surface area contributed by atoms with Gasteiger partial charge in [-0.15, -0.1) is 0 Å². The molecule has 0 aliphatic carbocycles. The summed E-state index contributed by atoms with van der Waals surface area (Å²) in [5, 5.41) is 27.4. The summed E-state index contributed by atoms with van der Waals surface area (Å²) in [4.78, 5) is 29.7. The van der Waals surface area contributed by atoms with Gasteiger partial charge < -0.3 is 39.0 Å². The second-order valence-corrected chi connectivity index (χ2v) is 3.55. The second-order valence-electron chi connectivity index (χ2n) is 2.40. The van der Waals surface area contributed by atoms with E-state index in [1.54, 1.807) is 0 Å². The van der Waals surface area contributed by atoms with Crippen molar-refractivity contribution in [3.8, 4) is 0 Å². The number of phosphoric ester groups is 1. The van der Waals surface area contributed by atoms with Crippen LogP contribution in [0.15, 0.2) is 0 Å². The number of carboxylic acid groups (broad SMARTS) is 1. The van der Waals surface area contributed by atoms with Crippen LogP contribution in [0.2, 0.25) is 0 Å². The molecule has 0 amide bonds. The Hall–Kier alpha value is -0.500. The molecule has 0 saturated heterocycles. The molecule has 0 bridgehead atoms. The van der Waals surface area contributed by atoms with E-state index in [4.69, 9.17) is 10.2 Å². The fraction of sp³-hybridized carbons (Fsp3) is 0.800. The van der Waals surface area contributed by atoms with Crippen LogP contribution in [-0.4, -0.2) is 35.0 Å². The molecule has 9 heteroatoms. The molecular formula is C5H8O8P-3. The molecule has 0 aromatic rings. The van der Waals surface area contributed by atoms with Gasteiger partial charge in [0.05, 0.1) is 26.5 Å². The molecule has 14 heavy (non-hydrogen) atoms. The van der Waals surface area contributed by atoms with Crippen LogP contribution in [0.5, 0.6) is 0 Å². The van der Waals surface area contributed by atoms with Crippen molar-refractivity contribution in [2.24, 2.45) is 0 Å². The summed E-state index contributed by atoms with van der Waals surface area (Å²) in [6, 6.07) is 0. The predicted molar refractivity (Wildman–Crippen MR) is 35.2 cm³/mol. The monoisotopic (exact) mass is 227 g/mol. The van der Waals surface area contributed by atoms with Crippen LogP contribution in [0.4, 0.5) is 0 Å². The van der Waals surface area contributed by atoms with E-state index in [9.17, 15) is 24.3 Å². The molecule has 0 saturated carbocycles. The number of hydrogen-bond acceptors (Lipinski definition) is 8. The van der Waals surface area contributed by atoms with E-state index in [0.717, 1.165) is 0 Å². The van der Waals surface area contributed by atoms with Gasteiger partial charge in [0.25, 0.3) is 0 Å². The summed E-state index contributed by atoms with van der Waals surface area (Å²) in [5.74, 6) is -1.90. The van der Waals surface area contributed by atoms with Gasteiger partial charge in [-0.25, -0.2) is 0 Å². The topological polar surface area (TPSA) is 153 Å². The molecule has 2 N–H and O–H groups in total. The van der Waals surface area contributed by atoms with Gasteiger partial charge in [0.15, 0.2) is 0 Å². The average molecular weight is 227 g/mol. The lowest BCUT2D eigenvalue weighted by molar-refractivity contribution is -0.341. The third-order valence-electron chi connectivity index (χ3n) is 1.27. The molecule has 84 valence electrons. The van der Waals surface area contributed by atoms with Crippen LogP contribution in [0, 0.1) is 0 Å². The molecule has 2 atom stereocenters. The van der Waals surface area contributed by atoms with E-state index < -0.39 is 39.0 Å². The third-order valence-corrected chi connectivity index (χ3v) is 1.77. The zero-order valence-electron chi connectivity index (χ0n) is 6.86. The van der Waals surface area contributed by atoms with Crippen molar-refractivity contribution in [1.29, 1.82) is 0 Å². The quantitative estimate of drug-likeness (QED) is 0.432. The standard InChI is InChI=1S/C5H11O8P/c6-3(4(7)5(8)9)1-2-13-14(10,11)12/h3-4,6-7H,1-2H2,(H,8,9)(H2,10,11,12)/p-3. The number of carbonyl (C=O) groups is 1. The minimum Gasteiger partial charge on any atom is -0.790 e. The van der Waals surface area contributed by atoms with E-state index in [1.807, 2.05) is 0 Å². The Bertz CT molecular complexity index is 234. The maximum absolute atomic E-state index is 9.96. The number of rotatable bonds is 6. The number of aliphatic hydroxyl groups is 2. The normalized spacial score (nSPS) is 16.3. The summed E-state index contributed by atoms with van der Waals surface area (Å²) in [6.45, 7) is -0.699. The molecule has 0 rings (SSSR count). The molecular weight excluding hydrogens is 219 g/mol. The van der Waals surface area contributed by atoms with Crippen molar-refractivity contribution >= 4 is 13.8 Å². The van der Waals surface area contributed by atoms with E-state index in [1.165, 1.54) is 0 Å². The van der Waals surface area contributed by atoms with Gasteiger partial charge in [0.1, 0.15) is 6.10 Å². The Morgan fingerprint density at radius 2 is 1.93 bits per heavy atom. The SMILES string of the molecule is O=C([O-])C(O)C(O)CCOP(=O)([O-])[O-]. The summed E-state index contributed by atoms with van der Waals surface area (Å²) in [6.07, 6.45) is -4.40. The fourth-order valence-electron chi connectivity index (χ4n) is 0.600. The van der Waals surface area contributed by atoms with Crippen molar-refractivity contribution < 1.29 is 39.0 Å². The lowest BCUT2D eigenvalue weighted by Crippen LogP contribution is -2.43. The zero-order chi connectivity index (χ0) is 11.4. The lowest BCUT2D eigenvalue weighted by Gasteiger charge is -2.29. The molecule has 0 spiro atoms. The molecule has 0 fully saturated rings. The first-order valence-electron chi connectivity index (χ1n) is 3.47. The van der Waals surface area contributed by atoms with Crippen LogP contribution in [-0.2, 0) is 13.9 Å². The van der Waals surface area contributed by atoms with Crippen LogP contribution in [0.25, 0.3) is 0 Å². The summed E-state index contributed by atoms with van der Waals surface area (Å²) < 4.78 is 13.6. The van der Waals surface area contributed by atoms with Crippen molar-refractivity contribution in [2.75, 3.05) is 6.61 Å². The lowest BCUT2D eigenvalue weighted by atomic mass is 10.1. The number of carboxylic acids is 1. The molecule has 0 aliphatic heterocycles.